The van der Waals surface area contributed by atoms with E-state index in [0.29, 0.717) is 30.4 Å². The van der Waals surface area contributed by atoms with E-state index in [1.165, 1.54) is 24.2 Å². The normalized spacial score (nSPS) is 41.7. The number of carbonyl (C=O) groups excluding carboxylic acids is 2. The Balaban J connectivity index is 1.34. The van der Waals surface area contributed by atoms with Gasteiger partial charge in [0.2, 0.25) is 0 Å². The van der Waals surface area contributed by atoms with Crippen LogP contribution in [0, 0.1) is 17.8 Å². The van der Waals surface area contributed by atoms with Crippen molar-refractivity contribution in [2.45, 2.75) is 121 Å². The lowest BCUT2D eigenvalue weighted by molar-refractivity contribution is -0.363. The number of aliphatic hydroxyl groups is 3. The number of carbonyl (C=O) groups is 2. The Morgan fingerprint density at radius 2 is 1.96 bits per heavy atom. The predicted molar refractivity (Wildman–Crippen MR) is 186 cm³/mol. The number of fused-ring (bicyclic) bond motifs is 2. The molecule has 4 aliphatic heterocycles. The molecule has 0 radical (unpaired) electrons. The highest BCUT2D eigenvalue weighted by Gasteiger charge is 2.61. The number of hydrogen-bond acceptors (Lipinski definition) is 11. The van der Waals surface area contributed by atoms with Crippen LogP contribution in [0.1, 0.15) is 72.3 Å². The SMILES string of the molecule is C/C=C(\C)[C@H]1O[C@@]2(C[C@@H]3C[C@@H](C/C=C(/C)C[C@@H](C)/C=C\C=C4\CO[C@H]5[C@H](O)C(COC(=O)Cc6ccoc6)=C[C@@H](C(=O)O3)[C@]45O)O2)[C@H](O)C[C@@H]1C. The summed E-state index contributed by atoms with van der Waals surface area (Å²) in [6.07, 6.45) is 11.3. The summed E-state index contributed by atoms with van der Waals surface area (Å²) in [5.41, 5.74) is 1.54. The Morgan fingerprint density at radius 3 is 2.71 bits per heavy atom. The Kier molecular flexibility index (Phi) is 11.3. The van der Waals surface area contributed by atoms with E-state index >= 15 is 0 Å². The molecule has 0 amide bonds. The highest BCUT2D eigenvalue weighted by atomic mass is 16.7. The molecule has 2 bridgehead atoms. The zero-order valence-electron chi connectivity index (χ0n) is 30.2. The monoisotopic (exact) mass is 708 g/mol. The highest BCUT2D eigenvalue weighted by molar-refractivity contribution is 5.79. The van der Waals surface area contributed by atoms with Crippen molar-refractivity contribution in [3.05, 3.63) is 82.9 Å². The van der Waals surface area contributed by atoms with Crippen LogP contribution in [0.15, 0.2) is 81.8 Å². The first-order valence-electron chi connectivity index (χ1n) is 18.1. The van der Waals surface area contributed by atoms with E-state index in [-0.39, 0.29) is 49.6 Å². The van der Waals surface area contributed by atoms with E-state index in [9.17, 15) is 24.9 Å². The van der Waals surface area contributed by atoms with Gasteiger partial charge in [-0.15, -0.1) is 0 Å². The van der Waals surface area contributed by atoms with Gasteiger partial charge in [-0.2, -0.15) is 0 Å². The molecule has 1 aromatic heterocycles. The van der Waals surface area contributed by atoms with E-state index in [2.05, 4.69) is 19.9 Å². The van der Waals surface area contributed by atoms with Gasteiger partial charge >= 0.3 is 11.9 Å². The van der Waals surface area contributed by atoms with Crippen LogP contribution < -0.4 is 0 Å². The molecule has 1 aliphatic carbocycles. The van der Waals surface area contributed by atoms with Gasteiger partial charge in [-0.1, -0.05) is 55.9 Å². The number of allylic oxidation sites excluding steroid dienone is 5. The van der Waals surface area contributed by atoms with Gasteiger partial charge in [0.05, 0.1) is 37.8 Å². The van der Waals surface area contributed by atoms with Crippen LogP contribution in [-0.4, -0.2) is 88.5 Å². The molecule has 3 saturated heterocycles. The van der Waals surface area contributed by atoms with Crippen LogP contribution in [0.5, 0.6) is 0 Å². The average molecular weight is 709 g/mol. The molecule has 278 valence electrons. The Hall–Kier alpha value is -3.32. The van der Waals surface area contributed by atoms with Crippen molar-refractivity contribution in [2.24, 2.45) is 17.8 Å². The molecular weight excluding hydrogens is 656 g/mol. The number of furan rings is 1. The third-order valence-corrected chi connectivity index (χ3v) is 11.1. The van der Waals surface area contributed by atoms with Gasteiger partial charge in [0.15, 0.2) is 5.79 Å². The fraction of sp³-hybridized carbons (Fsp3) is 0.600. The fourth-order valence-electron chi connectivity index (χ4n) is 8.24. The summed E-state index contributed by atoms with van der Waals surface area (Å²) in [5.74, 6) is -3.78. The molecule has 6 rings (SSSR count). The first-order valence-corrected chi connectivity index (χ1v) is 18.1. The van der Waals surface area contributed by atoms with Gasteiger partial charge in [-0.3, -0.25) is 9.59 Å². The second-order valence-corrected chi connectivity index (χ2v) is 15.1. The largest absolute Gasteiger partial charge is 0.472 e. The van der Waals surface area contributed by atoms with Crippen molar-refractivity contribution >= 4 is 11.9 Å². The summed E-state index contributed by atoms with van der Waals surface area (Å²) >= 11 is 0. The molecule has 1 aromatic rings. The van der Waals surface area contributed by atoms with Gasteiger partial charge < -0.3 is 43.4 Å². The molecule has 5 heterocycles. The molecule has 3 N–H and O–H groups in total. The molecule has 1 spiro atoms. The van der Waals surface area contributed by atoms with Crippen molar-refractivity contribution in [1.82, 2.24) is 0 Å². The molecule has 3 fully saturated rings. The van der Waals surface area contributed by atoms with E-state index in [1.54, 1.807) is 12.1 Å². The summed E-state index contributed by atoms with van der Waals surface area (Å²) in [4.78, 5) is 27.0. The van der Waals surface area contributed by atoms with E-state index < -0.39 is 59.8 Å². The average Bonchev–Trinajstić information content (AvgIpc) is 3.72. The van der Waals surface area contributed by atoms with E-state index in [4.69, 9.17) is 28.1 Å². The lowest BCUT2D eigenvalue weighted by Crippen LogP contribution is -2.62. The highest BCUT2D eigenvalue weighted by Crippen LogP contribution is 2.48. The van der Waals surface area contributed by atoms with Gasteiger partial charge in [0.1, 0.15) is 42.5 Å². The molecule has 11 atom stereocenters. The number of esters is 2. The maximum atomic E-state index is 14.4. The first-order chi connectivity index (χ1) is 24.3. The molecule has 0 aromatic carbocycles. The Labute approximate surface area is 299 Å². The second-order valence-electron chi connectivity index (χ2n) is 15.1. The lowest BCUT2D eigenvalue weighted by Gasteiger charge is -2.52. The minimum absolute atomic E-state index is 0.0204. The van der Waals surface area contributed by atoms with Crippen LogP contribution in [0.2, 0.25) is 0 Å². The summed E-state index contributed by atoms with van der Waals surface area (Å²) in [6.45, 7) is 9.83. The molecule has 0 saturated carbocycles. The molecule has 5 aliphatic rings. The van der Waals surface area contributed by atoms with Crippen LogP contribution in [0.25, 0.3) is 0 Å². The maximum absolute atomic E-state index is 14.4. The maximum Gasteiger partial charge on any atom is 0.316 e. The second kappa shape index (κ2) is 15.3. The van der Waals surface area contributed by atoms with Gasteiger partial charge in [-0.05, 0) is 74.7 Å². The first kappa shape index (κ1) is 37.4. The minimum atomic E-state index is -1.94. The summed E-state index contributed by atoms with van der Waals surface area (Å²) < 4.78 is 36.1. The Bertz CT molecular complexity index is 1590. The van der Waals surface area contributed by atoms with Gasteiger partial charge in [-0.25, -0.2) is 0 Å². The standard InChI is InChI=1S/C40H52O11/c1-6-25(4)36-26(5)15-33(41)39(51-36)19-31-18-30(50-39)11-10-24(3)14-23(2)8-7-9-29-22-48-37-35(43)28(17-32(38(44)49-31)40(29,37)45)21-47-34(42)16-27-12-13-46-20-27/h6-10,12-13,17,20,23,26,30-33,35-37,41,43,45H,11,14-16,18-19,21-22H2,1-5H3/b8-7-,24-10-,25-6+,29-9-/t23-,26-,30+,31-,32-,33+,35+,36+,37-,39-,40+/m0/s1. The van der Waals surface area contributed by atoms with Crippen LogP contribution in [-0.2, 0) is 39.7 Å². The zero-order chi connectivity index (χ0) is 36.5. The number of hydrogen-bond donors (Lipinski definition) is 3. The molecular formula is C40H52O11. The molecule has 11 nitrogen and oxygen atoms in total. The van der Waals surface area contributed by atoms with Crippen molar-refractivity contribution in [2.75, 3.05) is 13.2 Å². The molecule has 11 heteroatoms. The third kappa shape index (κ3) is 7.75. The summed E-state index contributed by atoms with van der Waals surface area (Å²) in [5, 5.41) is 35.4. The lowest BCUT2D eigenvalue weighted by atomic mass is 9.70. The van der Waals surface area contributed by atoms with Gasteiger partial charge in [0.25, 0.3) is 0 Å². The van der Waals surface area contributed by atoms with Crippen molar-refractivity contribution < 1.29 is 53.0 Å². The predicted octanol–water partition coefficient (Wildman–Crippen LogP) is 4.81. The number of ether oxygens (including phenoxy) is 5. The summed E-state index contributed by atoms with van der Waals surface area (Å²) in [6, 6.07) is 1.66. The zero-order valence-corrected chi connectivity index (χ0v) is 30.2. The molecule has 51 heavy (non-hydrogen) atoms. The quantitative estimate of drug-likeness (QED) is 0.285. The fourth-order valence-corrected chi connectivity index (χ4v) is 8.24. The van der Waals surface area contributed by atoms with Crippen LogP contribution in [0.3, 0.4) is 0 Å². The molecule has 0 unspecified atom stereocenters. The van der Waals surface area contributed by atoms with E-state index in [1.807, 2.05) is 39.0 Å². The number of aliphatic hydroxyl groups excluding tert-OH is 2. The van der Waals surface area contributed by atoms with Crippen molar-refractivity contribution in [3.63, 3.8) is 0 Å². The van der Waals surface area contributed by atoms with Crippen molar-refractivity contribution in [1.29, 1.82) is 0 Å². The van der Waals surface area contributed by atoms with E-state index in [0.717, 1.165) is 12.0 Å². The van der Waals surface area contributed by atoms with Crippen LogP contribution in [0.4, 0.5) is 0 Å². The Morgan fingerprint density at radius 1 is 1.16 bits per heavy atom. The van der Waals surface area contributed by atoms with Crippen LogP contribution >= 0.6 is 0 Å². The third-order valence-electron chi connectivity index (χ3n) is 11.1. The minimum Gasteiger partial charge on any atom is -0.472 e. The van der Waals surface area contributed by atoms with Gasteiger partial charge in [0, 0.05) is 18.4 Å². The summed E-state index contributed by atoms with van der Waals surface area (Å²) in [7, 11) is 0. The van der Waals surface area contributed by atoms with Crippen molar-refractivity contribution in [3.8, 4) is 0 Å². The number of rotatable bonds is 5. The smallest absolute Gasteiger partial charge is 0.316 e. The topological polar surface area (TPSA) is 154 Å².